The van der Waals surface area contributed by atoms with Gasteiger partial charge in [-0.1, -0.05) is 44.2 Å². The highest BCUT2D eigenvalue weighted by Crippen LogP contribution is 2.23. The number of halogens is 1. The first kappa shape index (κ1) is 17.9. The first-order chi connectivity index (χ1) is 8.56. The second-order valence-corrected chi connectivity index (χ2v) is 5.27. The van der Waals surface area contributed by atoms with Crippen molar-refractivity contribution in [3.05, 3.63) is 35.9 Å². The zero-order valence-electron chi connectivity index (χ0n) is 11.8. The van der Waals surface area contributed by atoms with Crippen LogP contribution in [0.15, 0.2) is 30.3 Å². The Balaban J connectivity index is 0.00000324. The van der Waals surface area contributed by atoms with Crippen molar-refractivity contribution in [1.82, 2.24) is 5.32 Å². The molecule has 0 heterocycles. The van der Waals surface area contributed by atoms with Crippen molar-refractivity contribution < 1.29 is 4.79 Å². The smallest absolute Gasteiger partial charge is 0.225 e. The molecular weight excluding hydrogens is 260 g/mol. The molecular formula is C15H25ClN2O. The van der Waals surface area contributed by atoms with Crippen molar-refractivity contribution in [1.29, 1.82) is 0 Å². The average Bonchev–Trinajstić information content (AvgIpc) is 2.37. The minimum atomic E-state index is -0.316. The Hall–Kier alpha value is -1.06. The number of amides is 1. The van der Waals surface area contributed by atoms with Gasteiger partial charge >= 0.3 is 0 Å². The van der Waals surface area contributed by atoms with Gasteiger partial charge in [0.2, 0.25) is 5.91 Å². The highest BCUT2D eigenvalue weighted by Gasteiger charge is 2.26. The van der Waals surface area contributed by atoms with Crippen molar-refractivity contribution >= 4 is 18.3 Å². The molecule has 0 radical (unpaired) electrons. The van der Waals surface area contributed by atoms with E-state index >= 15 is 0 Å². The summed E-state index contributed by atoms with van der Waals surface area (Å²) in [5.41, 5.74) is 6.40. The molecule has 0 aliphatic carbocycles. The Morgan fingerprint density at radius 1 is 1.26 bits per heavy atom. The van der Waals surface area contributed by atoms with E-state index in [2.05, 4.69) is 29.6 Å². The van der Waals surface area contributed by atoms with Gasteiger partial charge in [0, 0.05) is 18.5 Å². The number of aryl methyl sites for hydroxylation is 1. The molecule has 1 aromatic rings. The molecule has 3 N–H and O–H groups in total. The monoisotopic (exact) mass is 284 g/mol. The molecule has 1 rings (SSSR count). The first-order valence-electron chi connectivity index (χ1n) is 6.58. The summed E-state index contributed by atoms with van der Waals surface area (Å²) in [6.07, 6.45) is 2.93. The van der Waals surface area contributed by atoms with Gasteiger partial charge in [0.25, 0.3) is 0 Å². The topological polar surface area (TPSA) is 55.1 Å². The van der Waals surface area contributed by atoms with Crippen LogP contribution in [0.5, 0.6) is 0 Å². The third-order valence-electron chi connectivity index (χ3n) is 3.15. The lowest BCUT2D eigenvalue weighted by molar-refractivity contribution is -0.129. The van der Waals surface area contributed by atoms with Crippen molar-refractivity contribution in [2.45, 2.75) is 33.1 Å². The average molecular weight is 285 g/mol. The van der Waals surface area contributed by atoms with Gasteiger partial charge in [-0.15, -0.1) is 12.4 Å². The SMILES string of the molecule is CC(C)(CCCc1ccccc1)C(=O)NCCN.Cl. The minimum absolute atomic E-state index is 0. The summed E-state index contributed by atoms with van der Waals surface area (Å²) >= 11 is 0. The number of nitrogens with one attached hydrogen (secondary N) is 1. The first-order valence-corrected chi connectivity index (χ1v) is 6.58. The van der Waals surface area contributed by atoms with Crippen LogP contribution in [0.4, 0.5) is 0 Å². The maximum atomic E-state index is 11.9. The Morgan fingerprint density at radius 2 is 1.89 bits per heavy atom. The van der Waals surface area contributed by atoms with Crippen LogP contribution < -0.4 is 11.1 Å². The third-order valence-corrected chi connectivity index (χ3v) is 3.15. The molecule has 0 aliphatic heterocycles. The van der Waals surface area contributed by atoms with Gasteiger partial charge in [-0.05, 0) is 24.8 Å². The maximum absolute atomic E-state index is 11.9. The molecule has 0 spiro atoms. The number of carbonyl (C=O) groups excluding carboxylic acids is 1. The second-order valence-electron chi connectivity index (χ2n) is 5.27. The van der Waals surface area contributed by atoms with Gasteiger partial charge in [-0.3, -0.25) is 4.79 Å². The highest BCUT2D eigenvalue weighted by molar-refractivity contribution is 5.85. The van der Waals surface area contributed by atoms with Crippen LogP contribution in [0.3, 0.4) is 0 Å². The van der Waals surface area contributed by atoms with Gasteiger partial charge in [0.1, 0.15) is 0 Å². The fourth-order valence-electron chi connectivity index (χ4n) is 1.92. The summed E-state index contributed by atoms with van der Waals surface area (Å²) in [7, 11) is 0. The van der Waals surface area contributed by atoms with Gasteiger partial charge in [-0.25, -0.2) is 0 Å². The van der Waals surface area contributed by atoms with E-state index < -0.39 is 0 Å². The standard InChI is InChI=1S/C15H24N2O.ClH/c1-15(2,14(18)17-12-11-16)10-6-9-13-7-4-3-5-8-13;/h3-5,7-8H,6,9-12,16H2,1-2H3,(H,17,18);1H. The van der Waals surface area contributed by atoms with Crippen molar-refractivity contribution in [3.63, 3.8) is 0 Å². The number of carbonyl (C=O) groups is 1. The van der Waals surface area contributed by atoms with Gasteiger partial charge in [0.15, 0.2) is 0 Å². The van der Waals surface area contributed by atoms with Crippen LogP contribution in [0.1, 0.15) is 32.3 Å². The molecule has 0 unspecified atom stereocenters. The van der Waals surface area contributed by atoms with Gasteiger partial charge < -0.3 is 11.1 Å². The van der Waals surface area contributed by atoms with E-state index in [1.165, 1.54) is 5.56 Å². The Bertz CT molecular complexity index is 366. The van der Waals surface area contributed by atoms with E-state index in [0.29, 0.717) is 13.1 Å². The molecule has 3 nitrogen and oxygen atoms in total. The fourth-order valence-corrected chi connectivity index (χ4v) is 1.92. The second kappa shape index (κ2) is 8.94. The minimum Gasteiger partial charge on any atom is -0.354 e. The summed E-state index contributed by atoms with van der Waals surface area (Å²) < 4.78 is 0. The van der Waals surface area contributed by atoms with E-state index in [9.17, 15) is 4.79 Å². The van der Waals surface area contributed by atoms with Crippen LogP contribution in [0.25, 0.3) is 0 Å². The van der Waals surface area contributed by atoms with Crippen LogP contribution >= 0.6 is 12.4 Å². The largest absolute Gasteiger partial charge is 0.354 e. The lowest BCUT2D eigenvalue weighted by Crippen LogP contribution is -2.39. The molecule has 0 bridgehead atoms. The molecule has 1 amide bonds. The number of hydrogen-bond acceptors (Lipinski definition) is 2. The lowest BCUT2D eigenvalue weighted by Gasteiger charge is -2.23. The summed E-state index contributed by atoms with van der Waals surface area (Å²) in [6, 6.07) is 10.4. The molecule has 108 valence electrons. The zero-order chi connectivity index (χ0) is 13.4. The molecule has 0 saturated heterocycles. The number of rotatable bonds is 7. The molecule has 4 heteroatoms. The quantitative estimate of drug-likeness (QED) is 0.808. The zero-order valence-corrected chi connectivity index (χ0v) is 12.6. The molecule has 0 atom stereocenters. The number of benzene rings is 1. The van der Waals surface area contributed by atoms with Crippen LogP contribution in [-0.4, -0.2) is 19.0 Å². The molecule has 0 aliphatic rings. The number of nitrogens with two attached hydrogens (primary N) is 1. The molecule has 19 heavy (non-hydrogen) atoms. The molecule has 0 saturated carbocycles. The Morgan fingerprint density at radius 3 is 2.47 bits per heavy atom. The van der Waals surface area contributed by atoms with Crippen molar-refractivity contribution in [2.24, 2.45) is 11.1 Å². The van der Waals surface area contributed by atoms with E-state index in [-0.39, 0.29) is 23.7 Å². The summed E-state index contributed by atoms with van der Waals surface area (Å²) in [4.78, 5) is 11.9. The van der Waals surface area contributed by atoms with Crippen LogP contribution in [0, 0.1) is 5.41 Å². The lowest BCUT2D eigenvalue weighted by atomic mass is 9.85. The highest BCUT2D eigenvalue weighted by atomic mass is 35.5. The predicted octanol–water partition coefficient (Wildman–Crippen LogP) is 2.53. The molecule has 0 fully saturated rings. The normalized spacial score (nSPS) is 10.7. The van der Waals surface area contributed by atoms with E-state index in [1.54, 1.807) is 0 Å². The predicted molar refractivity (Wildman–Crippen MR) is 82.5 cm³/mol. The van der Waals surface area contributed by atoms with Crippen molar-refractivity contribution in [2.75, 3.05) is 13.1 Å². The summed E-state index contributed by atoms with van der Waals surface area (Å²) in [5, 5.41) is 2.86. The van der Waals surface area contributed by atoms with Crippen LogP contribution in [0.2, 0.25) is 0 Å². The maximum Gasteiger partial charge on any atom is 0.225 e. The van der Waals surface area contributed by atoms with E-state index in [1.807, 2.05) is 19.9 Å². The molecule has 0 aromatic heterocycles. The van der Waals surface area contributed by atoms with Crippen LogP contribution in [-0.2, 0) is 11.2 Å². The van der Waals surface area contributed by atoms with Crippen molar-refractivity contribution in [3.8, 4) is 0 Å². The fraction of sp³-hybridized carbons (Fsp3) is 0.533. The third kappa shape index (κ3) is 6.60. The number of hydrogen-bond donors (Lipinski definition) is 2. The Kier molecular flexibility index (Phi) is 8.44. The molecule has 1 aromatic carbocycles. The summed E-state index contributed by atoms with van der Waals surface area (Å²) in [6.45, 7) is 5.03. The van der Waals surface area contributed by atoms with Gasteiger partial charge in [0.05, 0.1) is 0 Å². The van der Waals surface area contributed by atoms with E-state index in [4.69, 9.17) is 5.73 Å². The summed E-state index contributed by atoms with van der Waals surface area (Å²) in [5.74, 6) is 0.0982. The Labute approximate surface area is 122 Å². The van der Waals surface area contributed by atoms with Gasteiger partial charge in [-0.2, -0.15) is 0 Å². The van der Waals surface area contributed by atoms with E-state index in [0.717, 1.165) is 19.3 Å².